The zero-order chi connectivity index (χ0) is 18.1. The molecule has 4 rings (SSSR count). The fraction of sp³-hybridized carbons (Fsp3) is 0.0435. The maximum atomic E-state index is 11.7. The Morgan fingerprint density at radius 2 is 1.12 bits per heavy atom. The molecule has 128 valence electrons. The van der Waals surface area contributed by atoms with Crippen LogP contribution in [0, 0.1) is 0 Å². The number of sulfone groups is 1. The van der Waals surface area contributed by atoms with Crippen LogP contribution < -0.4 is 0 Å². The molecule has 4 aromatic carbocycles. The molecule has 0 N–H and O–H groups in total. The maximum Gasteiger partial charge on any atom is 0.175 e. The molecular formula is C23H18O2S. The van der Waals surface area contributed by atoms with Gasteiger partial charge >= 0.3 is 0 Å². The van der Waals surface area contributed by atoms with Crippen LogP contribution in [0.3, 0.4) is 0 Å². The van der Waals surface area contributed by atoms with Gasteiger partial charge in [0.25, 0.3) is 0 Å². The summed E-state index contributed by atoms with van der Waals surface area (Å²) in [5.41, 5.74) is 4.36. The Bertz CT molecular complexity index is 1190. The Kier molecular flexibility index (Phi) is 4.09. The summed E-state index contributed by atoms with van der Waals surface area (Å²) in [6.45, 7) is 0. The summed E-state index contributed by atoms with van der Waals surface area (Å²) in [6, 6.07) is 30.0. The van der Waals surface area contributed by atoms with Crippen molar-refractivity contribution in [2.75, 3.05) is 6.26 Å². The summed E-state index contributed by atoms with van der Waals surface area (Å²) < 4.78 is 23.4. The molecule has 0 aliphatic heterocycles. The van der Waals surface area contributed by atoms with Crippen LogP contribution in [-0.4, -0.2) is 14.7 Å². The monoisotopic (exact) mass is 358 g/mol. The van der Waals surface area contributed by atoms with Crippen molar-refractivity contribution in [3.8, 4) is 22.3 Å². The van der Waals surface area contributed by atoms with Gasteiger partial charge in [-0.1, -0.05) is 72.8 Å². The first-order valence-corrected chi connectivity index (χ1v) is 10.3. The van der Waals surface area contributed by atoms with Gasteiger partial charge in [-0.3, -0.25) is 0 Å². The van der Waals surface area contributed by atoms with Gasteiger partial charge in [0, 0.05) is 6.26 Å². The summed E-state index contributed by atoms with van der Waals surface area (Å²) in [5.74, 6) is 0. The van der Waals surface area contributed by atoms with Crippen molar-refractivity contribution in [2.24, 2.45) is 0 Å². The second-order valence-corrected chi connectivity index (χ2v) is 8.42. The summed E-state index contributed by atoms with van der Waals surface area (Å²) >= 11 is 0. The molecule has 4 aromatic rings. The van der Waals surface area contributed by atoms with E-state index in [-0.39, 0.29) is 0 Å². The molecular weight excluding hydrogens is 340 g/mol. The average Bonchev–Trinajstić information content (AvgIpc) is 2.67. The molecule has 0 atom stereocenters. The number of hydrogen-bond donors (Lipinski definition) is 0. The van der Waals surface area contributed by atoms with Gasteiger partial charge in [0.05, 0.1) is 4.90 Å². The molecule has 0 amide bonds. The quantitative estimate of drug-likeness (QED) is 0.479. The van der Waals surface area contributed by atoms with E-state index in [9.17, 15) is 8.42 Å². The molecule has 3 heteroatoms. The van der Waals surface area contributed by atoms with Crippen LogP contribution in [0.25, 0.3) is 33.0 Å². The molecule has 0 fully saturated rings. The van der Waals surface area contributed by atoms with E-state index in [1.807, 2.05) is 36.4 Å². The Morgan fingerprint density at radius 1 is 0.577 bits per heavy atom. The Labute approximate surface area is 153 Å². The topological polar surface area (TPSA) is 34.1 Å². The standard InChI is InChI=1S/C23H18O2S/c1-26(24,25)21-14-12-18(13-15-21)22-8-4-5-9-23(22)20-11-10-17-6-2-3-7-19(17)16-20/h2-16H,1H3. The minimum absolute atomic E-state index is 0.337. The Balaban J connectivity index is 1.84. The van der Waals surface area contributed by atoms with E-state index in [1.54, 1.807) is 12.1 Å². The molecule has 0 unspecified atom stereocenters. The molecule has 26 heavy (non-hydrogen) atoms. The smallest absolute Gasteiger partial charge is 0.175 e. The van der Waals surface area contributed by atoms with E-state index in [4.69, 9.17) is 0 Å². The second kappa shape index (κ2) is 6.43. The number of benzene rings is 4. The Hall–Kier alpha value is -2.91. The molecule has 0 radical (unpaired) electrons. The van der Waals surface area contributed by atoms with Crippen molar-refractivity contribution >= 4 is 20.6 Å². The number of hydrogen-bond acceptors (Lipinski definition) is 2. The van der Waals surface area contributed by atoms with Crippen LogP contribution in [0.15, 0.2) is 95.9 Å². The number of fused-ring (bicyclic) bond motifs is 1. The van der Waals surface area contributed by atoms with Crippen LogP contribution >= 0.6 is 0 Å². The van der Waals surface area contributed by atoms with Gasteiger partial charge in [-0.15, -0.1) is 0 Å². The minimum Gasteiger partial charge on any atom is -0.224 e. The van der Waals surface area contributed by atoms with Crippen molar-refractivity contribution in [1.82, 2.24) is 0 Å². The molecule has 0 aromatic heterocycles. The van der Waals surface area contributed by atoms with Gasteiger partial charge in [0.15, 0.2) is 9.84 Å². The molecule has 0 aliphatic rings. The van der Waals surface area contributed by atoms with Crippen LogP contribution in [0.1, 0.15) is 0 Å². The maximum absolute atomic E-state index is 11.7. The van der Waals surface area contributed by atoms with E-state index in [1.165, 1.54) is 17.0 Å². The third kappa shape index (κ3) is 3.14. The van der Waals surface area contributed by atoms with Crippen molar-refractivity contribution in [3.05, 3.63) is 91.0 Å². The van der Waals surface area contributed by atoms with Gasteiger partial charge in [0.1, 0.15) is 0 Å². The first-order chi connectivity index (χ1) is 12.5. The highest BCUT2D eigenvalue weighted by Gasteiger charge is 2.10. The van der Waals surface area contributed by atoms with Gasteiger partial charge in [-0.05, 0) is 51.2 Å². The zero-order valence-corrected chi connectivity index (χ0v) is 15.2. The summed E-state index contributed by atoms with van der Waals surface area (Å²) in [7, 11) is -3.19. The Morgan fingerprint density at radius 3 is 1.77 bits per heavy atom. The molecule has 0 aliphatic carbocycles. The lowest BCUT2D eigenvalue weighted by Gasteiger charge is -2.11. The first-order valence-electron chi connectivity index (χ1n) is 8.41. The van der Waals surface area contributed by atoms with Crippen LogP contribution in [0.4, 0.5) is 0 Å². The summed E-state index contributed by atoms with van der Waals surface area (Å²) in [4.78, 5) is 0.337. The summed E-state index contributed by atoms with van der Waals surface area (Å²) in [6.07, 6.45) is 1.23. The highest BCUT2D eigenvalue weighted by atomic mass is 32.2. The van der Waals surface area contributed by atoms with E-state index in [0.717, 1.165) is 22.3 Å². The van der Waals surface area contributed by atoms with Crippen LogP contribution in [0.2, 0.25) is 0 Å². The third-order valence-corrected chi connectivity index (χ3v) is 5.71. The van der Waals surface area contributed by atoms with Crippen molar-refractivity contribution < 1.29 is 8.42 Å². The SMILES string of the molecule is CS(=O)(=O)c1ccc(-c2ccccc2-c2ccc3ccccc3c2)cc1. The zero-order valence-electron chi connectivity index (χ0n) is 14.4. The fourth-order valence-electron chi connectivity index (χ4n) is 3.23. The predicted octanol–water partition coefficient (Wildman–Crippen LogP) is 5.58. The van der Waals surface area contributed by atoms with Crippen molar-refractivity contribution in [3.63, 3.8) is 0 Å². The normalized spacial score (nSPS) is 11.6. The van der Waals surface area contributed by atoms with E-state index in [2.05, 4.69) is 42.5 Å². The van der Waals surface area contributed by atoms with Gasteiger partial charge in [0.2, 0.25) is 0 Å². The van der Waals surface area contributed by atoms with Crippen molar-refractivity contribution in [2.45, 2.75) is 4.90 Å². The first kappa shape index (κ1) is 16.6. The molecule has 0 saturated carbocycles. The van der Waals surface area contributed by atoms with Gasteiger partial charge < -0.3 is 0 Å². The lowest BCUT2D eigenvalue weighted by Crippen LogP contribution is -1.96. The van der Waals surface area contributed by atoms with Crippen LogP contribution in [-0.2, 0) is 9.84 Å². The van der Waals surface area contributed by atoms with E-state index >= 15 is 0 Å². The molecule has 0 heterocycles. The predicted molar refractivity (Wildman–Crippen MR) is 108 cm³/mol. The molecule has 2 nitrogen and oxygen atoms in total. The largest absolute Gasteiger partial charge is 0.224 e. The molecule has 0 spiro atoms. The lowest BCUT2D eigenvalue weighted by molar-refractivity contribution is 0.602. The van der Waals surface area contributed by atoms with E-state index < -0.39 is 9.84 Å². The van der Waals surface area contributed by atoms with E-state index in [0.29, 0.717) is 4.90 Å². The number of rotatable bonds is 3. The molecule has 0 saturated heterocycles. The van der Waals surface area contributed by atoms with Gasteiger partial charge in [-0.25, -0.2) is 8.42 Å². The second-order valence-electron chi connectivity index (χ2n) is 6.40. The lowest BCUT2D eigenvalue weighted by atomic mass is 9.93. The van der Waals surface area contributed by atoms with Crippen molar-refractivity contribution in [1.29, 1.82) is 0 Å². The molecule has 0 bridgehead atoms. The highest BCUT2D eigenvalue weighted by molar-refractivity contribution is 7.90. The highest BCUT2D eigenvalue weighted by Crippen LogP contribution is 2.34. The summed E-state index contributed by atoms with van der Waals surface area (Å²) in [5, 5.41) is 2.42. The third-order valence-electron chi connectivity index (χ3n) is 4.58. The van der Waals surface area contributed by atoms with Crippen LogP contribution in [0.5, 0.6) is 0 Å². The van der Waals surface area contributed by atoms with Gasteiger partial charge in [-0.2, -0.15) is 0 Å². The minimum atomic E-state index is -3.19. The fourth-order valence-corrected chi connectivity index (χ4v) is 3.86. The average molecular weight is 358 g/mol.